The molecule has 0 saturated carbocycles. The lowest BCUT2D eigenvalue weighted by molar-refractivity contribution is 0.00227. The number of aliphatic hydroxyl groups excluding tert-OH is 2. The van der Waals surface area contributed by atoms with E-state index >= 15 is 0 Å². The lowest BCUT2D eigenvalue weighted by Crippen LogP contribution is -2.29. The molecule has 29 heavy (non-hydrogen) atoms. The highest BCUT2D eigenvalue weighted by molar-refractivity contribution is 5.98. The van der Waals surface area contributed by atoms with Crippen LogP contribution < -0.4 is 4.74 Å². The summed E-state index contributed by atoms with van der Waals surface area (Å²) in [6, 6.07) is 28.8. The first-order valence-corrected chi connectivity index (χ1v) is 10.0. The average molecular weight is 389 g/mol. The first-order valence-electron chi connectivity index (χ1n) is 10.0. The Morgan fingerprint density at radius 2 is 1.28 bits per heavy atom. The summed E-state index contributed by atoms with van der Waals surface area (Å²) in [5.41, 5.74) is 5.99. The quantitative estimate of drug-likeness (QED) is 0.523. The van der Waals surface area contributed by atoms with Gasteiger partial charge < -0.3 is 14.9 Å². The molecule has 3 aromatic rings. The number of allylic oxidation sites excluding steroid dienone is 1. The summed E-state index contributed by atoms with van der Waals surface area (Å²) in [5, 5.41) is 19.1. The van der Waals surface area contributed by atoms with Crippen LogP contribution in [-0.2, 0) is 0 Å². The third kappa shape index (κ3) is 5.35. The van der Waals surface area contributed by atoms with Crippen LogP contribution in [0, 0.1) is 0 Å². The molecule has 3 heteroatoms. The maximum absolute atomic E-state index is 9.73. The molecule has 0 amide bonds. The van der Waals surface area contributed by atoms with Crippen LogP contribution in [0.1, 0.15) is 37.0 Å². The Hall–Kier alpha value is -2.88. The van der Waals surface area contributed by atoms with Crippen LogP contribution in [0.25, 0.3) is 11.1 Å². The van der Waals surface area contributed by atoms with Crippen molar-refractivity contribution in [3.05, 3.63) is 102 Å². The van der Waals surface area contributed by atoms with E-state index in [4.69, 9.17) is 4.74 Å². The zero-order valence-corrected chi connectivity index (χ0v) is 17.0. The van der Waals surface area contributed by atoms with E-state index in [-0.39, 0.29) is 6.61 Å². The highest BCUT2D eigenvalue weighted by Gasteiger charge is 2.14. The molecule has 0 heterocycles. The first kappa shape index (κ1) is 20.8. The van der Waals surface area contributed by atoms with Crippen LogP contribution >= 0.6 is 0 Å². The molecule has 0 unspecified atom stereocenters. The van der Waals surface area contributed by atoms with Crippen molar-refractivity contribution in [2.75, 3.05) is 6.61 Å². The summed E-state index contributed by atoms with van der Waals surface area (Å²) >= 11 is 0. The molecule has 0 bridgehead atoms. The van der Waals surface area contributed by atoms with E-state index in [1.807, 2.05) is 36.4 Å². The van der Waals surface area contributed by atoms with Crippen LogP contribution in [0.4, 0.5) is 0 Å². The Bertz CT molecular complexity index is 913. The van der Waals surface area contributed by atoms with Crippen molar-refractivity contribution in [3.63, 3.8) is 0 Å². The van der Waals surface area contributed by atoms with E-state index in [2.05, 4.69) is 55.5 Å². The van der Waals surface area contributed by atoms with Crippen LogP contribution in [0.2, 0.25) is 0 Å². The lowest BCUT2D eigenvalue weighted by atomic mass is 9.88. The van der Waals surface area contributed by atoms with Gasteiger partial charge in [0.25, 0.3) is 0 Å². The second kappa shape index (κ2) is 10.1. The van der Waals surface area contributed by atoms with Gasteiger partial charge in [-0.2, -0.15) is 0 Å². The normalized spacial score (nSPS) is 14.1. The molecule has 0 spiro atoms. The second-order valence-corrected chi connectivity index (χ2v) is 7.08. The summed E-state index contributed by atoms with van der Waals surface area (Å²) < 4.78 is 5.61. The van der Waals surface area contributed by atoms with Gasteiger partial charge >= 0.3 is 0 Å². The molecule has 0 aliphatic heterocycles. The summed E-state index contributed by atoms with van der Waals surface area (Å²) in [7, 11) is 0. The van der Waals surface area contributed by atoms with Crippen LogP contribution in [-0.4, -0.2) is 29.0 Å². The minimum atomic E-state index is -0.903. The Balaban J connectivity index is 1.98. The monoisotopic (exact) mass is 388 g/mol. The zero-order chi connectivity index (χ0) is 20.6. The second-order valence-electron chi connectivity index (χ2n) is 7.08. The van der Waals surface area contributed by atoms with Crippen LogP contribution in [0.3, 0.4) is 0 Å². The van der Waals surface area contributed by atoms with Crippen molar-refractivity contribution in [2.45, 2.75) is 32.5 Å². The molecule has 0 radical (unpaired) electrons. The summed E-state index contributed by atoms with van der Waals surface area (Å²) in [5.74, 6) is 0.665. The molecule has 0 aliphatic rings. The minimum absolute atomic E-state index is 0.0582. The summed E-state index contributed by atoms with van der Waals surface area (Å²) in [6.07, 6.45) is -0.813. The Kier molecular flexibility index (Phi) is 7.23. The Labute approximate surface area is 172 Å². The Morgan fingerprint density at radius 1 is 0.759 bits per heavy atom. The van der Waals surface area contributed by atoms with Gasteiger partial charge in [-0.25, -0.2) is 0 Å². The molecule has 3 aromatic carbocycles. The van der Waals surface area contributed by atoms with Gasteiger partial charge in [-0.1, -0.05) is 79.7 Å². The minimum Gasteiger partial charge on any atom is -0.491 e. The van der Waals surface area contributed by atoms with Gasteiger partial charge in [-0.3, -0.25) is 0 Å². The predicted octanol–water partition coefficient (Wildman–Crippen LogP) is 5.18. The molecule has 0 fully saturated rings. The summed E-state index contributed by atoms with van der Waals surface area (Å²) in [6.45, 7) is 3.78. The van der Waals surface area contributed by atoms with Gasteiger partial charge in [-0.05, 0) is 53.3 Å². The topological polar surface area (TPSA) is 49.7 Å². The van der Waals surface area contributed by atoms with Crippen molar-refractivity contribution in [2.24, 2.45) is 0 Å². The first-order chi connectivity index (χ1) is 14.1. The molecular formula is C26H28O3. The van der Waals surface area contributed by atoms with Crippen molar-refractivity contribution in [1.29, 1.82) is 0 Å². The van der Waals surface area contributed by atoms with Crippen molar-refractivity contribution >= 4 is 11.1 Å². The van der Waals surface area contributed by atoms with E-state index < -0.39 is 12.2 Å². The third-order valence-corrected chi connectivity index (χ3v) is 4.96. The van der Waals surface area contributed by atoms with Crippen molar-refractivity contribution < 1.29 is 14.9 Å². The van der Waals surface area contributed by atoms with Gasteiger partial charge in [0.15, 0.2) is 0 Å². The number of rotatable bonds is 8. The van der Waals surface area contributed by atoms with E-state index in [1.165, 1.54) is 22.3 Å². The molecule has 150 valence electrons. The Morgan fingerprint density at radius 3 is 1.79 bits per heavy atom. The van der Waals surface area contributed by atoms with Gasteiger partial charge in [0.2, 0.25) is 0 Å². The third-order valence-electron chi connectivity index (χ3n) is 4.96. The molecule has 0 aromatic heterocycles. The molecule has 2 atom stereocenters. The molecule has 3 rings (SSSR count). The molecule has 0 saturated heterocycles. The van der Waals surface area contributed by atoms with E-state index in [1.54, 1.807) is 6.92 Å². The van der Waals surface area contributed by atoms with E-state index in [9.17, 15) is 10.2 Å². The standard InChI is InChI=1S/C26H28O3/c1-3-24(20-10-6-4-7-11-20)26(21-12-8-5-9-13-21)22-14-16-23(17-15-22)29-18-25(28)19(2)27/h4-17,19,25,27-28H,3,18H2,1-2H3/b26-24-/t19-,25-/m0/s1. The highest BCUT2D eigenvalue weighted by Crippen LogP contribution is 2.34. The summed E-state index contributed by atoms with van der Waals surface area (Å²) in [4.78, 5) is 0. The van der Waals surface area contributed by atoms with Crippen LogP contribution in [0.15, 0.2) is 84.9 Å². The fraction of sp³-hybridized carbons (Fsp3) is 0.231. The van der Waals surface area contributed by atoms with Gasteiger partial charge in [0.1, 0.15) is 18.5 Å². The van der Waals surface area contributed by atoms with Crippen molar-refractivity contribution in [3.8, 4) is 5.75 Å². The fourth-order valence-corrected chi connectivity index (χ4v) is 3.32. The molecular weight excluding hydrogens is 360 g/mol. The van der Waals surface area contributed by atoms with Gasteiger partial charge in [0, 0.05) is 0 Å². The smallest absolute Gasteiger partial charge is 0.119 e. The SMILES string of the molecule is CC/C(=C(\c1ccccc1)c1ccc(OC[C@H](O)[C@H](C)O)cc1)c1ccccc1. The van der Waals surface area contributed by atoms with E-state index in [0.717, 1.165) is 12.0 Å². The lowest BCUT2D eigenvalue weighted by Gasteiger charge is -2.17. The highest BCUT2D eigenvalue weighted by atomic mass is 16.5. The maximum Gasteiger partial charge on any atom is 0.119 e. The van der Waals surface area contributed by atoms with Gasteiger partial charge in [0.05, 0.1) is 6.10 Å². The number of hydrogen-bond acceptors (Lipinski definition) is 3. The largest absolute Gasteiger partial charge is 0.491 e. The van der Waals surface area contributed by atoms with E-state index in [0.29, 0.717) is 5.75 Å². The average Bonchev–Trinajstić information content (AvgIpc) is 2.77. The number of hydrogen-bond donors (Lipinski definition) is 2. The van der Waals surface area contributed by atoms with Crippen molar-refractivity contribution in [1.82, 2.24) is 0 Å². The predicted molar refractivity (Wildman–Crippen MR) is 119 cm³/mol. The van der Waals surface area contributed by atoms with Gasteiger partial charge in [-0.15, -0.1) is 0 Å². The molecule has 3 nitrogen and oxygen atoms in total. The maximum atomic E-state index is 9.73. The zero-order valence-electron chi connectivity index (χ0n) is 17.0. The fourth-order valence-electron chi connectivity index (χ4n) is 3.32. The molecule has 2 N–H and O–H groups in total. The number of aliphatic hydroxyl groups is 2. The molecule has 0 aliphatic carbocycles. The van der Waals surface area contributed by atoms with Crippen LogP contribution in [0.5, 0.6) is 5.75 Å². The number of ether oxygens (including phenoxy) is 1. The number of benzene rings is 3.